The van der Waals surface area contributed by atoms with Gasteiger partial charge >= 0.3 is 18.3 Å². The molecule has 1 aromatic heterocycles. The number of aromatic nitrogens is 1. The number of aliphatic carboxylic acids is 1. The molecule has 0 atom stereocenters. The molecule has 10 heteroatoms. The van der Waals surface area contributed by atoms with E-state index in [1.807, 2.05) is 6.20 Å². The standard InChI is InChI=1S/C24H21F6NO3/c25-23(26,27)18-8-13(10-21(32)33)9-19(24(28,29)30)22(18)34-15-6-7-20-16(11-15)17(12-31-20)14-4-2-1-3-5-14/h6-9,11-12,14,31H,1-5,10H2,(H,32,33). The van der Waals surface area contributed by atoms with E-state index in [-0.39, 0.29) is 11.7 Å². The van der Waals surface area contributed by atoms with Gasteiger partial charge < -0.3 is 14.8 Å². The Hall–Kier alpha value is -3.17. The van der Waals surface area contributed by atoms with Crippen LogP contribution >= 0.6 is 0 Å². The number of halogens is 6. The zero-order chi connectivity index (χ0) is 24.7. The molecule has 1 aliphatic carbocycles. The van der Waals surface area contributed by atoms with Gasteiger partial charge in [0.25, 0.3) is 0 Å². The van der Waals surface area contributed by atoms with Crippen LogP contribution in [0, 0.1) is 0 Å². The topological polar surface area (TPSA) is 62.3 Å². The molecule has 3 aromatic rings. The summed E-state index contributed by atoms with van der Waals surface area (Å²) in [5.74, 6) is -2.87. The summed E-state index contributed by atoms with van der Waals surface area (Å²) in [5.41, 5.74) is -2.32. The van der Waals surface area contributed by atoms with Crippen LogP contribution in [0.4, 0.5) is 26.3 Å². The van der Waals surface area contributed by atoms with Crippen LogP contribution in [-0.4, -0.2) is 16.1 Å². The summed E-state index contributed by atoms with van der Waals surface area (Å²) in [4.78, 5) is 14.0. The van der Waals surface area contributed by atoms with Crippen LogP contribution < -0.4 is 4.74 Å². The Labute approximate surface area is 190 Å². The summed E-state index contributed by atoms with van der Waals surface area (Å²) in [6.45, 7) is 0. The van der Waals surface area contributed by atoms with Gasteiger partial charge in [0.1, 0.15) is 5.75 Å². The molecule has 2 N–H and O–H groups in total. The highest BCUT2D eigenvalue weighted by molar-refractivity contribution is 5.85. The molecule has 0 bridgehead atoms. The maximum atomic E-state index is 13.7. The number of aromatic amines is 1. The zero-order valence-electron chi connectivity index (χ0n) is 17.8. The lowest BCUT2D eigenvalue weighted by molar-refractivity contribution is -0.145. The first kappa shape index (κ1) is 24.0. The summed E-state index contributed by atoms with van der Waals surface area (Å²) >= 11 is 0. The van der Waals surface area contributed by atoms with Crippen molar-refractivity contribution in [2.75, 3.05) is 0 Å². The van der Waals surface area contributed by atoms with Gasteiger partial charge in [-0.1, -0.05) is 19.3 Å². The number of carboxylic acid groups (broad SMARTS) is 1. The van der Waals surface area contributed by atoms with E-state index in [0.717, 1.165) is 37.7 Å². The number of carboxylic acids is 1. The van der Waals surface area contributed by atoms with E-state index in [4.69, 9.17) is 9.84 Å². The molecule has 182 valence electrons. The van der Waals surface area contributed by atoms with Crippen LogP contribution in [0.3, 0.4) is 0 Å². The molecule has 0 spiro atoms. The summed E-state index contributed by atoms with van der Waals surface area (Å²) in [5, 5.41) is 9.56. The minimum atomic E-state index is -5.20. The number of alkyl halides is 6. The Kier molecular flexibility index (Phi) is 6.26. The lowest BCUT2D eigenvalue weighted by Crippen LogP contribution is -2.16. The largest absolute Gasteiger partial charge is 0.481 e. The van der Waals surface area contributed by atoms with E-state index in [1.54, 1.807) is 6.07 Å². The summed E-state index contributed by atoms with van der Waals surface area (Å²) in [6, 6.07) is 5.08. The SMILES string of the molecule is O=C(O)Cc1cc(C(F)(F)F)c(Oc2ccc3[nH]cc(C4CCCCC4)c3c2)c(C(F)(F)F)c1. The van der Waals surface area contributed by atoms with Crippen molar-refractivity contribution in [3.8, 4) is 11.5 Å². The molecule has 34 heavy (non-hydrogen) atoms. The molecule has 1 aliphatic rings. The second-order valence-corrected chi connectivity index (χ2v) is 8.47. The van der Waals surface area contributed by atoms with Gasteiger partial charge in [-0.25, -0.2) is 0 Å². The van der Waals surface area contributed by atoms with E-state index >= 15 is 0 Å². The number of ether oxygens (including phenoxy) is 1. The van der Waals surface area contributed by atoms with E-state index in [9.17, 15) is 31.1 Å². The van der Waals surface area contributed by atoms with E-state index in [1.165, 1.54) is 12.1 Å². The highest BCUT2D eigenvalue weighted by Gasteiger charge is 2.43. The predicted octanol–water partition coefficient (Wildman–Crippen LogP) is 7.67. The Morgan fingerprint density at radius 2 is 1.59 bits per heavy atom. The molecule has 0 radical (unpaired) electrons. The monoisotopic (exact) mass is 485 g/mol. The highest BCUT2D eigenvalue weighted by atomic mass is 19.4. The quantitative estimate of drug-likeness (QED) is 0.365. The third-order valence-corrected chi connectivity index (χ3v) is 6.06. The molecule has 2 aromatic carbocycles. The molecule has 0 aliphatic heterocycles. The van der Waals surface area contributed by atoms with Crippen molar-refractivity contribution in [2.24, 2.45) is 0 Å². The maximum absolute atomic E-state index is 13.7. The third-order valence-electron chi connectivity index (χ3n) is 6.06. The second kappa shape index (κ2) is 8.88. The van der Waals surface area contributed by atoms with Gasteiger partial charge in [-0.05, 0) is 60.2 Å². The van der Waals surface area contributed by atoms with Gasteiger partial charge in [0, 0.05) is 17.1 Å². The van der Waals surface area contributed by atoms with Crippen molar-refractivity contribution in [1.82, 2.24) is 4.98 Å². The van der Waals surface area contributed by atoms with Gasteiger partial charge in [-0.2, -0.15) is 26.3 Å². The van der Waals surface area contributed by atoms with Crippen LogP contribution in [0.25, 0.3) is 10.9 Å². The fourth-order valence-corrected chi connectivity index (χ4v) is 4.55. The molecule has 4 rings (SSSR count). The molecular weight excluding hydrogens is 464 g/mol. The fraction of sp³-hybridized carbons (Fsp3) is 0.375. The minimum absolute atomic E-state index is 0.175. The molecule has 1 heterocycles. The lowest BCUT2D eigenvalue weighted by atomic mass is 9.84. The van der Waals surface area contributed by atoms with Crippen LogP contribution in [0.15, 0.2) is 36.5 Å². The Balaban J connectivity index is 1.81. The van der Waals surface area contributed by atoms with Crippen LogP contribution in [0.1, 0.15) is 60.3 Å². The molecule has 0 unspecified atom stereocenters. The summed E-state index contributed by atoms with van der Waals surface area (Å²) in [6.07, 6.45) is -4.41. The highest BCUT2D eigenvalue weighted by Crippen LogP contribution is 2.47. The molecule has 1 saturated carbocycles. The molecule has 0 amide bonds. The van der Waals surface area contributed by atoms with Gasteiger partial charge in [0.2, 0.25) is 0 Å². The first-order valence-corrected chi connectivity index (χ1v) is 10.8. The number of rotatable bonds is 5. The first-order chi connectivity index (χ1) is 15.9. The predicted molar refractivity (Wildman–Crippen MR) is 112 cm³/mol. The number of carbonyl (C=O) groups is 1. The van der Waals surface area contributed by atoms with Gasteiger partial charge in [-0.3, -0.25) is 4.79 Å². The van der Waals surface area contributed by atoms with E-state index < -0.39 is 47.2 Å². The fourth-order valence-electron chi connectivity index (χ4n) is 4.55. The van der Waals surface area contributed by atoms with Gasteiger partial charge in [0.05, 0.1) is 17.5 Å². The Morgan fingerprint density at radius 3 is 2.15 bits per heavy atom. The van der Waals surface area contributed by atoms with E-state index in [0.29, 0.717) is 23.0 Å². The first-order valence-electron chi connectivity index (χ1n) is 10.8. The average molecular weight is 485 g/mol. The number of H-pyrrole nitrogens is 1. The Morgan fingerprint density at radius 1 is 0.971 bits per heavy atom. The number of benzene rings is 2. The number of nitrogens with one attached hydrogen (secondary N) is 1. The normalized spacial score (nSPS) is 15.6. The minimum Gasteiger partial charge on any atom is -0.481 e. The van der Waals surface area contributed by atoms with Crippen molar-refractivity contribution in [2.45, 2.75) is 56.8 Å². The third kappa shape index (κ3) is 5.00. The van der Waals surface area contributed by atoms with Gasteiger partial charge in [-0.15, -0.1) is 0 Å². The zero-order valence-corrected chi connectivity index (χ0v) is 17.8. The maximum Gasteiger partial charge on any atom is 0.420 e. The number of hydrogen-bond donors (Lipinski definition) is 2. The molecule has 0 saturated heterocycles. The van der Waals surface area contributed by atoms with Crippen LogP contribution in [0.2, 0.25) is 0 Å². The number of fused-ring (bicyclic) bond motifs is 1. The van der Waals surface area contributed by atoms with Crippen LogP contribution in [-0.2, 0) is 23.6 Å². The smallest absolute Gasteiger partial charge is 0.420 e. The molecular formula is C24H21F6NO3. The van der Waals surface area contributed by atoms with Crippen molar-refractivity contribution in [1.29, 1.82) is 0 Å². The Bertz CT molecular complexity index is 1170. The van der Waals surface area contributed by atoms with Crippen molar-refractivity contribution in [3.63, 3.8) is 0 Å². The van der Waals surface area contributed by atoms with Gasteiger partial charge in [0.15, 0.2) is 5.75 Å². The molecule has 1 fully saturated rings. The summed E-state index contributed by atoms with van der Waals surface area (Å²) < 4.78 is 87.8. The molecule has 4 nitrogen and oxygen atoms in total. The van der Waals surface area contributed by atoms with Crippen LogP contribution in [0.5, 0.6) is 11.5 Å². The number of hydrogen-bond acceptors (Lipinski definition) is 2. The van der Waals surface area contributed by atoms with Crippen molar-refractivity contribution >= 4 is 16.9 Å². The van der Waals surface area contributed by atoms with Crippen molar-refractivity contribution < 1.29 is 41.0 Å². The summed E-state index contributed by atoms with van der Waals surface area (Å²) in [7, 11) is 0. The second-order valence-electron chi connectivity index (χ2n) is 8.47. The van der Waals surface area contributed by atoms with Crippen molar-refractivity contribution in [3.05, 3.63) is 58.8 Å². The average Bonchev–Trinajstić information content (AvgIpc) is 3.16. The lowest BCUT2D eigenvalue weighted by Gasteiger charge is -2.22. The van der Waals surface area contributed by atoms with E-state index in [2.05, 4.69) is 4.98 Å².